The highest BCUT2D eigenvalue weighted by Gasteiger charge is 2.31. The van der Waals surface area contributed by atoms with Crippen molar-refractivity contribution in [2.45, 2.75) is 25.4 Å². The summed E-state index contributed by atoms with van der Waals surface area (Å²) in [6, 6.07) is 12.0. The SMILES string of the molecule is O=C(O)CCc1ccc(-c2ccc3nc(C(=O)NCCc4ncc(C(F)(F)F)cc4Cl)cn3c2)cc1. The van der Waals surface area contributed by atoms with Crippen LogP contribution in [0.3, 0.4) is 0 Å². The lowest BCUT2D eigenvalue weighted by molar-refractivity contribution is -0.138. The first-order valence-electron chi connectivity index (χ1n) is 10.9. The van der Waals surface area contributed by atoms with Crippen LogP contribution >= 0.6 is 11.6 Å². The number of halogens is 4. The second-order valence-electron chi connectivity index (χ2n) is 8.06. The number of carboxylic acid groups (broad SMARTS) is 1. The fourth-order valence-electron chi connectivity index (χ4n) is 3.58. The zero-order valence-corrected chi connectivity index (χ0v) is 19.5. The van der Waals surface area contributed by atoms with Crippen LogP contribution in [0, 0.1) is 0 Å². The van der Waals surface area contributed by atoms with E-state index in [2.05, 4.69) is 15.3 Å². The van der Waals surface area contributed by atoms with Gasteiger partial charge in [-0.15, -0.1) is 0 Å². The first-order valence-corrected chi connectivity index (χ1v) is 11.3. The molecule has 2 N–H and O–H groups in total. The van der Waals surface area contributed by atoms with E-state index in [-0.39, 0.29) is 35.8 Å². The van der Waals surface area contributed by atoms with Gasteiger partial charge in [0, 0.05) is 38.0 Å². The number of carbonyl (C=O) groups is 2. The third-order valence-corrected chi connectivity index (χ3v) is 5.82. The molecule has 0 fully saturated rings. The van der Waals surface area contributed by atoms with Gasteiger partial charge in [-0.05, 0) is 41.3 Å². The standard InChI is InChI=1S/C25H20ClF3N4O3/c26-19-11-18(25(27,28)29)12-31-20(19)9-10-30-24(36)21-14-33-13-17(6-7-22(33)32-21)16-4-1-15(2-5-16)3-8-23(34)35/h1-2,4-7,11-14H,3,8-10H2,(H,30,36)(H,34,35). The Bertz CT molecular complexity index is 1420. The highest BCUT2D eigenvalue weighted by molar-refractivity contribution is 6.31. The molecular weight excluding hydrogens is 497 g/mol. The molecule has 7 nitrogen and oxygen atoms in total. The predicted octanol–water partition coefficient (Wildman–Crippen LogP) is 5.06. The number of carbonyl (C=O) groups excluding carboxylic acids is 1. The molecule has 4 aromatic rings. The minimum absolute atomic E-state index is 0.0685. The molecule has 1 amide bonds. The maximum absolute atomic E-state index is 12.7. The Balaban J connectivity index is 1.39. The Hall–Kier alpha value is -3.92. The summed E-state index contributed by atoms with van der Waals surface area (Å²) in [4.78, 5) is 31.4. The third kappa shape index (κ3) is 6.01. The molecule has 11 heteroatoms. The lowest BCUT2D eigenvalue weighted by atomic mass is 10.0. The number of nitrogens with zero attached hydrogens (tertiary/aromatic N) is 3. The van der Waals surface area contributed by atoms with Crippen molar-refractivity contribution in [2.24, 2.45) is 0 Å². The molecule has 0 saturated heterocycles. The number of amides is 1. The molecule has 1 aromatic carbocycles. The van der Waals surface area contributed by atoms with Crippen molar-refractivity contribution in [3.63, 3.8) is 0 Å². The number of aromatic nitrogens is 3. The van der Waals surface area contributed by atoms with Gasteiger partial charge in [0.25, 0.3) is 5.91 Å². The topological polar surface area (TPSA) is 96.6 Å². The molecule has 3 heterocycles. The summed E-state index contributed by atoms with van der Waals surface area (Å²) in [5, 5.41) is 11.4. The van der Waals surface area contributed by atoms with Crippen LogP contribution in [0.4, 0.5) is 13.2 Å². The Morgan fingerprint density at radius 1 is 1.03 bits per heavy atom. The van der Waals surface area contributed by atoms with E-state index in [0.717, 1.165) is 22.8 Å². The number of aryl methyl sites for hydroxylation is 1. The number of benzene rings is 1. The van der Waals surface area contributed by atoms with Crippen LogP contribution < -0.4 is 5.32 Å². The monoisotopic (exact) mass is 516 g/mol. The first-order chi connectivity index (χ1) is 17.1. The molecule has 0 aliphatic carbocycles. The maximum atomic E-state index is 12.7. The quantitative estimate of drug-likeness (QED) is 0.341. The van der Waals surface area contributed by atoms with Crippen LogP contribution in [0.5, 0.6) is 0 Å². The lowest BCUT2D eigenvalue weighted by Crippen LogP contribution is -2.26. The third-order valence-electron chi connectivity index (χ3n) is 5.49. The number of alkyl halides is 3. The summed E-state index contributed by atoms with van der Waals surface area (Å²) in [7, 11) is 0. The summed E-state index contributed by atoms with van der Waals surface area (Å²) in [6.07, 6.45) is 0.275. The summed E-state index contributed by atoms with van der Waals surface area (Å²) in [5.41, 5.74) is 2.81. The highest BCUT2D eigenvalue weighted by atomic mass is 35.5. The highest BCUT2D eigenvalue weighted by Crippen LogP contribution is 2.31. The molecule has 0 radical (unpaired) electrons. The minimum atomic E-state index is -4.53. The summed E-state index contributed by atoms with van der Waals surface area (Å²) in [6.45, 7) is 0.115. The van der Waals surface area contributed by atoms with Gasteiger partial charge in [0.1, 0.15) is 11.3 Å². The van der Waals surface area contributed by atoms with E-state index in [1.54, 1.807) is 16.7 Å². The zero-order chi connectivity index (χ0) is 25.9. The van der Waals surface area contributed by atoms with Gasteiger partial charge in [0.15, 0.2) is 0 Å². The van der Waals surface area contributed by atoms with Gasteiger partial charge in [0.2, 0.25) is 0 Å². The van der Waals surface area contributed by atoms with Gasteiger partial charge >= 0.3 is 12.1 Å². The van der Waals surface area contributed by atoms with Crippen molar-refractivity contribution < 1.29 is 27.9 Å². The molecule has 186 valence electrons. The average Bonchev–Trinajstić information content (AvgIpc) is 3.27. The van der Waals surface area contributed by atoms with Gasteiger partial charge in [0.05, 0.1) is 16.3 Å². The fourth-order valence-corrected chi connectivity index (χ4v) is 3.84. The predicted molar refractivity (Wildman–Crippen MR) is 127 cm³/mol. The Morgan fingerprint density at radius 2 is 1.75 bits per heavy atom. The summed E-state index contributed by atoms with van der Waals surface area (Å²) < 4.78 is 39.9. The van der Waals surface area contributed by atoms with E-state index in [9.17, 15) is 22.8 Å². The number of imidazole rings is 1. The second kappa shape index (κ2) is 10.4. The smallest absolute Gasteiger partial charge is 0.417 e. The van der Waals surface area contributed by atoms with E-state index in [4.69, 9.17) is 16.7 Å². The van der Waals surface area contributed by atoms with Crippen molar-refractivity contribution in [3.8, 4) is 11.1 Å². The zero-order valence-electron chi connectivity index (χ0n) is 18.7. The molecule has 0 aliphatic rings. The van der Waals surface area contributed by atoms with E-state index in [0.29, 0.717) is 18.3 Å². The summed E-state index contributed by atoms with van der Waals surface area (Å²) in [5.74, 6) is -1.28. The molecule has 36 heavy (non-hydrogen) atoms. The summed E-state index contributed by atoms with van der Waals surface area (Å²) >= 11 is 5.91. The van der Waals surface area contributed by atoms with Crippen molar-refractivity contribution >= 4 is 29.1 Å². The number of carboxylic acids is 1. The first kappa shape index (κ1) is 25.2. The number of pyridine rings is 2. The number of nitrogens with one attached hydrogen (secondary N) is 1. The van der Waals surface area contributed by atoms with Crippen LogP contribution in [-0.2, 0) is 23.8 Å². The fraction of sp³-hybridized carbons (Fsp3) is 0.200. The molecule has 0 atom stereocenters. The number of hydrogen-bond acceptors (Lipinski definition) is 4. The van der Waals surface area contributed by atoms with Crippen LogP contribution in [0.2, 0.25) is 5.02 Å². The van der Waals surface area contributed by atoms with Crippen LogP contribution in [-0.4, -0.2) is 37.9 Å². The number of fused-ring (bicyclic) bond motifs is 1. The average molecular weight is 517 g/mol. The Kier molecular flexibility index (Phi) is 7.25. The van der Waals surface area contributed by atoms with Crippen molar-refractivity contribution in [3.05, 3.63) is 88.6 Å². The Labute approximate surface area is 208 Å². The molecule has 0 aliphatic heterocycles. The van der Waals surface area contributed by atoms with Crippen LogP contribution in [0.15, 0.2) is 61.1 Å². The normalized spacial score (nSPS) is 11.6. The van der Waals surface area contributed by atoms with E-state index < -0.39 is 23.6 Å². The molecule has 0 unspecified atom stereocenters. The molecule has 0 saturated carbocycles. The van der Waals surface area contributed by atoms with Crippen LogP contribution in [0.25, 0.3) is 16.8 Å². The Morgan fingerprint density at radius 3 is 2.42 bits per heavy atom. The second-order valence-corrected chi connectivity index (χ2v) is 8.46. The maximum Gasteiger partial charge on any atom is 0.417 e. The number of rotatable bonds is 8. The molecule has 4 rings (SSSR count). The molecule has 3 aromatic heterocycles. The number of aliphatic carboxylic acids is 1. The van der Waals surface area contributed by atoms with E-state index in [1.165, 1.54) is 0 Å². The van der Waals surface area contributed by atoms with Gasteiger partial charge in [-0.1, -0.05) is 35.9 Å². The van der Waals surface area contributed by atoms with Gasteiger partial charge in [-0.3, -0.25) is 14.6 Å². The van der Waals surface area contributed by atoms with Crippen molar-refractivity contribution in [1.82, 2.24) is 19.7 Å². The lowest BCUT2D eigenvalue weighted by Gasteiger charge is -2.09. The molecule has 0 spiro atoms. The van der Waals surface area contributed by atoms with Crippen LogP contribution in [0.1, 0.15) is 33.7 Å². The van der Waals surface area contributed by atoms with E-state index in [1.807, 2.05) is 36.5 Å². The van der Waals surface area contributed by atoms with E-state index >= 15 is 0 Å². The van der Waals surface area contributed by atoms with Gasteiger partial charge in [-0.25, -0.2) is 4.98 Å². The molecular formula is C25H20ClF3N4O3. The van der Waals surface area contributed by atoms with Crippen molar-refractivity contribution in [2.75, 3.05) is 6.54 Å². The number of hydrogen-bond donors (Lipinski definition) is 2. The van der Waals surface area contributed by atoms with Crippen molar-refractivity contribution in [1.29, 1.82) is 0 Å². The minimum Gasteiger partial charge on any atom is -0.481 e. The molecule has 0 bridgehead atoms. The van der Waals surface area contributed by atoms with Gasteiger partial charge < -0.3 is 14.8 Å². The largest absolute Gasteiger partial charge is 0.481 e. The van der Waals surface area contributed by atoms with Gasteiger partial charge in [-0.2, -0.15) is 13.2 Å².